The molecule has 6 nitrogen and oxygen atoms in total. The van der Waals surface area contributed by atoms with Crippen molar-refractivity contribution < 1.29 is 14.3 Å². The number of nitrogens with one attached hydrogen (secondary N) is 1. The Hall–Kier alpha value is -2.38. The third-order valence-electron chi connectivity index (χ3n) is 3.78. The summed E-state index contributed by atoms with van der Waals surface area (Å²) in [7, 11) is 1.52. The number of halogens is 2. The summed E-state index contributed by atoms with van der Waals surface area (Å²) in [5, 5.41) is 8.62. The number of amides is 2. The quantitative estimate of drug-likeness (QED) is 0.779. The molecule has 0 saturated carbocycles. The Bertz CT molecular complexity index is 884. The fraction of sp³-hybridized carbons (Fsp3) is 0.167. The first-order chi connectivity index (χ1) is 12.5. The predicted octanol–water partition coefficient (Wildman–Crippen LogP) is 4.23. The minimum Gasteiger partial charge on any atom is -0.495 e. The molecule has 1 aliphatic rings. The number of rotatable bonds is 4. The van der Waals surface area contributed by atoms with Gasteiger partial charge in [0.05, 0.1) is 17.8 Å². The Kier molecular flexibility index (Phi) is 5.58. The average Bonchev–Trinajstić information content (AvgIpc) is 2.63. The maximum absolute atomic E-state index is 12.5. The summed E-state index contributed by atoms with van der Waals surface area (Å²) in [6, 6.07) is 12.1. The van der Waals surface area contributed by atoms with Gasteiger partial charge in [-0.2, -0.15) is 5.10 Å². The fourth-order valence-corrected chi connectivity index (χ4v) is 2.97. The Morgan fingerprint density at radius 2 is 1.96 bits per heavy atom. The second-order valence-corrected chi connectivity index (χ2v) is 6.85. The number of anilines is 2. The summed E-state index contributed by atoms with van der Waals surface area (Å²) in [5.74, 6) is -0.0103. The van der Waals surface area contributed by atoms with Gasteiger partial charge in [-0.3, -0.25) is 9.59 Å². The summed E-state index contributed by atoms with van der Waals surface area (Å²) in [6.45, 7) is 0. The van der Waals surface area contributed by atoms with Crippen molar-refractivity contribution in [2.75, 3.05) is 17.4 Å². The van der Waals surface area contributed by atoms with Crippen LogP contribution in [0.1, 0.15) is 12.8 Å². The molecule has 1 N–H and O–H groups in total. The molecular formula is C18H15BrClN3O3. The van der Waals surface area contributed by atoms with E-state index in [0.717, 1.165) is 4.47 Å². The van der Waals surface area contributed by atoms with Crippen molar-refractivity contribution in [1.29, 1.82) is 0 Å². The van der Waals surface area contributed by atoms with Crippen molar-refractivity contribution in [3.8, 4) is 5.75 Å². The lowest BCUT2D eigenvalue weighted by Gasteiger charge is -2.23. The van der Waals surface area contributed by atoms with Crippen molar-refractivity contribution in [2.45, 2.75) is 12.8 Å². The van der Waals surface area contributed by atoms with Gasteiger partial charge in [-0.05, 0) is 42.5 Å². The van der Waals surface area contributed by atoms with Crippen LogP contribution in [0.2, 0.25) is 5.02 Å². The van der Waals surface area contributed by atoms with Crippen LogP contribution < -0.4 is 15.1 Å². The number of hydrogen-bond donors (Lipinski definition) is 1. The van der Waals surface area contributed by atoms with Gasteiger partial charge in [-0.25, -0.2) is 5.01 Å². The normalized spacial score (nSPS) is 14.0. The SMILES string of the molecule is COc1ccc(NC(=O)C2=NN(c3ccc(Br)cc3)C(=O)CC2)cc1Cl. The highest BCUT2D eigenvalue weighted by Crippen LogP contribution is 2.27. The minimum atomic E-state index is -0.374. The number of methoxy groups -OCH3 is 1. The van der Waals surface area contributed by atoms with E-state index in [4.69, 9.17) is 16.3 Å². The maximum atomic E-state index is 12.5. The standard InChI is InChI=1S/C18H15BrClN3O3/c1-26-16-8-4-12(10-14(16)20)21-18(25)15-7-9-17(24)23(22-15)13-5-2-11(19)3-6-13/h2-6,8,10H,7,9H2,1H3,(H,21,25). The molecule has 1 heterocycles. The lowest BCUT2D eigenvalue weighted by molar-refractivity contribution is -0.118. The number of ether oxygens (including phenoxy) is 1. The molecule has 0 atom stereocenters. The zero-order valence-electron chi connectivity index (χ0n) is 13.8. The highest BCUT2D eigenvalue weighted by Gasteiger charge is 2.25. The van der Waals surface area contributed by atoms with Gasteiger partial charge < -0.3 is 10.1 Å². The molecule has 1 aliphatic heterocycles. The zero-order chi connectivity index (χ0) is 18.7. The van der Waals surface area contributed by atoms with Gasteiger partial charge >= 0.3 is 0 Å². The highest BCUT2D eigenvalue weighted by atomic mass is 79.9. The second-order valence-electron chi connectivity index (χ2n) is 5.53. The molecule has 0 saturated heterocycles. The topological polar surface area (TPSA) is 71.0 Å². The first-order valence-corrected chi connectivity index (χ1v) is 8.96. The van der Waals surface area contributed by atoms with Crippen LogP contribution in [0.4, 0.5) is 11.4 Å². The predicted molar refractivity (Wildman–Crippen MR) is 105 cm³/mol. The zero-order valence-corrected chi connectivity index (χ0v) is 16.2. The van der Waals surface area contributed by atoms with E-state index in [1.807, 2.05) is 12.1 Å². The van der Waals surface area contributed by atoms with Crippen molar-refractivity contribution in [3.63, 3.8) is 0 Å². The van der Waals surface area contributed by atoms with Gasteiger partial charge in [0, 0.05) is 23.0 Å². The number of carbonyl (C=O) groups is 2. The smallest absolute Gasteiger partial charge is 0.271 e. The molecule has 3 rings (SSSR count). The van der Waals surface area contributed by atoms with E-state index in [2.05, 4.69) is 26.3 Å². The lowest BCUT2D eigenvalue weighted by Crippen LogP contribution is -2.36. The molecule has 0 bridgehead atoms. The van der Waals surface area contributed by atoms with Crippen LogP contribution in [0, 0.1) is 0 Å². The molecule has 0 spiro atoms. The van der Waals surface area contributed by atoms with E-state index in [9.17, 15) is 9.59 Å². The minimum absolute atomic E-state index is 0.156. The molecule has 0 aliphatic carbocycles. The Balaban J connectivity index is 1.80. The summed E-state index contributed by atoms with van der Waals surface area (Å²) in [6.07, 6.45) is 0.493. The molecule has 26 heavy (non-hydrogen) atoms. The Labute approximate surface area is 163 Å². The molecule has 0 aromatic heterocycles. The second kappa shape index (κ2) is 7.88. The van der Waals surface area contributed by atoms with E-state index < -0.39 is 0 Å². The highest BCUT2D eigenvalue weighted by molar-refractivity contribution is 9.10. The number of hydrazone groups is 1. The third-order valence-corrected chi connectivity index (χ3v) is 4.60. The summed E-state index contributed by atoms with van der Waals surface area (Å²) in [4.78, 5) is 24.7. The molecule has 0 unspecified atom stereocenters. The number of carbonyl (C=O) groups excluding carboxylic acids is 2. The van der Waals surface area contributed by atoms with Crippen molar-refractivity contribution >= 4 is 56.4 Å². The van der Waals surface area contributed by atoms with E-state index in [1.165, 1.54) is 12.1 Å². The van der Waals surface area contributed by atoms with Gasteiger partial charge in [-0.15, -0.1) is 0 Å². The van der Waals surface area contributed by atoms with Gasteiger partial charge in [0.1, 0.15) is 11.5 Å². The average molecular weight is 437 g/mol. The molecule has 0 radical (unpaired) electrons. The van der Waals surface area contributed by atoms with E-state index >= 15 is 0 Å². The molecule has 8 heteroatoms. The van der Waals surface area contributed by atoms with Gasteiger partial charge in [0.25, 0.3) is 5.91 Å². The largest absolute Gasteiger partial charge is 0.495 e. The van der Waals surface area contributed by atoms with Gasteiger partial charge in [0.15, 0.2) is 0 Å². The summed E-state index contributed by atoms with van der Waals surface area (Å²) in [5.41, 5.74) is 1.41. The summed E-state index contributed by atoms with van der Waals surface area (Å²) < 4.78 is 5.98. The van der Waals surface area contributed by atoms with Crippen LogP contribution in [0.3, 0.4) is 0 Å². The van der Waals surface area contributed by atoms with Crippen LogP contribution in [0.15, 0.2) is 52.0 Å². The number of benzene rings is 2. The number of nitrogens with zero attached hydrogens (tertiary/aromatic N) is 2. The molecule has 134 valence electrons. The third kappa shape index (κ3) is 4.05. The van der Waals surface area contributed by atoms with Crippen molar-refractivity contribution in [2.24, 2.45) is 5.10 Å². The monoisotopic (exact) mass is 435 g/mol. The van der Waals surface area contributed by atoms with Gasteiger partial charge in [-0.1, -0.05) is 27.5 Å². The lowest BCUT2D eigenvalue weighted by atomic mass is 10.1. The Morgan fingerprint density at radius 1 is 1.23 bits per heavy atom. The fourth-order valence-electron chi connectivity index (χ4n) is 2.45. The van der Waals surface area contributed by atoms with Crippen LogP contribution >= 0.6 is 27.5 Å². The van der Waals surface area contributed by atoms with Crippen LogP contribution in [-0.4, -0.2) is 24.6 Å². The molecule has 0 fully saturated rings. The van der Waals surface area contributed by atoms with Crippen LogP contribution in [0.5, 0.6) is 5.75 Å². The number of hydrogen-bond acceptors (Lipinski definition) is 4. The van der Waals surface area contributed by atoms with E-state index in [0.29, 0.717) is 22.1 Å². The van der Waals surface area contributed by atoms with Gasteiger partial charge in [0.2, 0.25) is 5.91 Å². The van der Waals surface area contributed by atoms with Crippen LogP contribution in [-0.2, 0) is 9.59 Å². The first-order valence-electron chi connectivity index (χ1n) is 7.79. The molecular weight excluding hydrogens is 422 g/mol. The molecule has 2 aromatic rings. The van der Waals surface area contributed by atoms with Crippen molar-refractivity contribution in [3.05, 3.63) is 52.0 Å². The molecule has 2 aromatic carbocycles. The maximum Gasteiger partial charge on any atom is 0.271 e. The van der Waals surface area contributed by atoms with E-state index in [-0.39, 0.29) is 30.4 Å². The Morgan fingerprint density at radius 3 is 2.62 bits per heavy atom. The first kappa shape index (κ1) is 18.4. The van der Waals surface area contributed by atoms with Crippen molar-refractivity contribution in [1.82, 2.24) is 0 Å². The summed E-state index contributed by atoms with van der Waals surface area (Å²) >= 11 is 9.42. The molecule has 2 amide bonds. The van der Waals surface area contributed by atoms with Crippen LogP contribution in [0.25, 0.3) is 0 Å². The van der Waals surface area contributed by atoms with E-state index in [1.54, 1.807) is 30.3 Å².